The van der Waals surface area contributed by atoms with E-state index >= 15 is 0 Å². The third kappa shape index (κ3) is 6.45. The van der Waals surface area contributed by atoms with Gasteiger partial charge in [0.05, 0.1) is 0 Å². The van der Waals surface area contributed by atoms with E-state index in [4.69, 9.17) is 4.74 Å². The molecule has 0 spiro atoms. The normalized spacial score (nSPS) is 14.8. The first-order valence-electron chi connectivity index (χ1n) is 4.71. The van der Waals surface area contributed by atoms with Crippen LogP contribution < -0.4 is 5.32 Å². The van der Waals surface area contributed by atoms with Crippen molar-refractivity contribution in [1.82, 2.24) is 5.32 Å². The highest BCUT2D eigenvalue weighted by molar-refractivity contribution is 14.1. The summed E-state index contributed by atoms with van der Waals surface area (Å²) in [6, 6.07) is 0.0814. The number of alkyl carbamates (subject to hydrolysis) is 1. The van der Waals surface area contributed by atoms with Gasteiger partial charge in [0.2, 0.25) is 0 Å². The lowest BCUT2D eigenvalue weighted by atomic mass is 10.1. The van der Waals surface area contributed by atoms with Crippen LogP contribution in [0, 0.1) is 0 Å². The molecule has 0 saturated heterocycles. The first-order valence-corrected chi connectivity index (χ1v) is 5.78. The summed E-state index contributed by atoms with van der Waals surface area (Å²) in [5.41, 5.74) is -0.431. The van der Waals surface area contributed by atoms with Crippen LogP contribution in [-0.2, 0) is 4.74 Å². The summed E-state index contributed by atoms with van der Waals surface area (Å²) in [7, 11) is 0. The van der Waals surface area contributed by atoms with Crippen LogP contribution in [0.15, 0.2) is 0 Å². The fourth-order valence-corrected chi connectivity index (χ4v) is 0.812. The lowest BCUT2D eigenvalue weighted by Crippen LogP contribution is -2.45. The summed E-state index contributed by atoms with van der Waals surface area (Å²) in [6.07, 6.45) is -0.352. The van der Waals surface area contributed by atoms with Crippen molar-refractivity contribution in [1.29, 1.82) is 0 Å². The molecule has 0 unspecified atom stereocenters. The van der Waals surface area contributed by atoms with Crippen molar-refractivity contribution < 1.29 is 9.53 Å². The van der Waals surface area contributed by atoms with Crippen molar-refractivity contribution in [3.63, 3.8) is 0 Å². The molecule has 1 amide bonds. The van der Waals surface area contributed by atoms with Crippen LogP contribution in [0.4, 0.5) is 4.79 Å². The van der Waals surface area contributed by atoms with Gasteiger partial charge in [-0.3, -0.25) is 0 Å². The Balaban J connectivity index is 4.09. The molecule has 0 saturated carbocycles. The minimum atomic E-state index is -0.431. The predicted molar refractivity (Wildman–Crippen MR) is 66.9 cm³/mol. The fourth-order valence-electron chi connectivity index (χ4n) is 0.656. The van der Waals surface area contributed by atoms with E-state index in [1.807, 2.05) is 27.7 Å². The molecule has 0 aliphatic carbocycles. The average Bonchev–Trinajstić information content (AvgIpc) is 1.79. The molecule has 0 rings (SSSR count). The van der Waals surface area contributed by atoms with E-state index in [9.17, 15) is 4.79 Å². The number of rotatable bonds is 2. The number of halogens is 1. The molecule has 0 aromatic rings. The Labute approximate surface area is 100 Å². The van der Waals surface area contributed by atoms with E-state index in [0.717, 1.165) is 0 Å². The third-order valence-corrected chi connectivity index (χ3v) is 2.70. The van der Waals surface area contributed by atoms with Gasteiger partial charge in [-0.2, -0.15) is 0 Å². The summed E-state index contributed by atoms with van der Waals surface area (Å²) in [6.45, 7) is 11.7. The second-order valence-electron chi connectivity index (χ2n) is 4.93. The summed E-state index contributed by atoms with van der Waals surface area (Å²) < 4.78 is 5.17. The Morgan fingerprint density at radius 1 is 1.29 bits per heavy atom. The quantitative estimate of drug-likeness (QED) is 0.628. The van der Waals surface area contributed by atoms with Crippen LogP contribution in [0.2, 0.25) is 0 Å². The summed E-state index contributed by atoms with van der Waals surface area (Å²) in [5.74, 6) is 0. The summed E-state index contributed by atoms with van der Waals surface area (Å²) >= 11 is 2.30. The van der Waals surface area contributed by atoms with E-state index in [1.165, 1.54) is 0 Å². The van der Waals surface area contributed by atoms with Gasteiger partial charge >= 0.3 is 6.09 Å². The van der Waals surface area contributed by atoms with Gasteiger partial charge in [-0.15, -0.1) is 0 Å². The average molecular weight is 313 g/mol. The maximum atomic E-state index is 11.4. The van der Waals surface area contributed by atoms with Gasteiger partial charge in [-0.05, 0) is 41.5 Å². The van der Waals surface area contributed by atoms with E-state index < -0.39 is 5.60 Å². The molecule has 4 heteroatoms. The number of alkyl halides is 1. The number of hydrogen-bond donors (Lipinski definition) is 1. The number of ether oxygens (including phenoxy) is 1. The van der Waals surface area contributed by atoms with Crippen molar-refractivity contribution in [3.05, 3.63) is 0 Å². The second-order valence-corrected chi connectivity index (χ2v) is 7.71. The van der Waals surface area contributed by atoms with Crippen LogP contribution >= 0.6 is 22.6 Å². The zero-order valence-electron chi connectivity index (χ0n) is 9.77. The maximum Gasteiger partial charge on any atom is 0.407 e. The number of amides is 1. The molecule has 0 aromatic carbocycles. The van der Waals surface area contributed by atoms with Gasteiger partial charge in [-0.1, -0.05) is 22.6 Å². The predicted octanol–water partition coefficient (Wildman–Crippen LogP) is 3.11. The molecular weight excluding hydrogens is 293 g/mol. The van der Waals surface area contributed by atoms with Crippen LogP contribution in [-0.4, -0.2) is 21.2 Å². The van der Waals surface area contributed by atoms with Crippen LogP contribution in [0.1, 0.15) is 41.5 Å². The zero-order chi connectivity index (χ0) is 11.6. The van der Waals surface area contributed by atoms with Crippen molar-refractivity contribution in [2.45, 2.75) is 56.6 Å². The minimum absolute atomic E-state index is 0.0225. The molecule has 14 heavy (non-hydrogen) atoms. The Hall–Kier alpha value is 0. The molecule has 0 radical (unpaired) electrons. The van der Waals surface area contributed by atoms with Gasteiger partial charge in [0.1, 0.15) is 5.60 Å². The second kappa shape index (κ2) is 4.68. The first-order chi connectivity index (χ1) is 6.02. The topological polar surface area (TPSA) is 38.3 Å². The summed E-state index contributed by atoms with van der Waals surface area (Å²) in [5, 5.41) is 2.81. The smallest absolute Gasteiger partial charge is 0.407 e. The Bertz CT molecular complexity index is 203. The SMILES string of the molecule is C[C@@H](NC(=O)OC(C)(C)C)C(C)(C)I. The largest absolute Gasteiger partial charge is 0.444 e. The molecule has 3 nitrogen and oxygen atoms in total. The minimum Gasteiger partial charge on any atom is -0.444 e. The molecule has 0 fully saturated rings. The lowest BCUT2D eigenvalue weighted by Gasteiger charge is -2.28. The number of carbonyl (C=O) groups excluding carboxylic acids is 1. The first kappa shape index (κ1) is 14.0. The number of nitrogens with one attached hydrogen (secondary N) is 1. The molecule has 0 aromatic heterocycles. The van der Waals surface area contributed by atoms with Gasteiger partial charge in [0, 0.05) is 9.46 Å². The Morgan fingerprint density at radius 2 is 1.71 bits per heavy atom. The molecule has 0 bridgehead atoms. The Kier molecular flexibility index (Phi) is 4.68. The van der Waals surface area contributed by atoms with Gasteiger partial charge in [0.25, 0.3) is 0 Å². The van der Waals surface area contributed by atoms with Gasteiger partial charge < -0.3 is 10.1 Å². The number of carbonyl (C=O) groups is 1. The molecule has 1 atom stereocenters. The molecule has 0 heterocycles. The van der Waals surface area contributed by atoms with E-state index in [2.05, 4.69) is 41.8 Å². The molecule has 1 N–H and O–H groups in total. The monoisotopic (exact) mass is 313 g/mol. The zero-order valence-corrected chi connectivity index (χ0v) is 11.9. The Morgan fingerprint density at radius 3 is 2.00 bits per heavy atom. The molecule has 84 valence electrons. The standard InChI is InChI=1S/C10H20INO2/c1-7(10(5,6)11)12-8(13)14-9(2,3)4/h7H,1-6H3,(H,12,13)/t7-/m1/s1. The third-order valence-electron chi connectivity index (χ3n) is 1.76. The highest BCUT2D eigenvalue weighted by Gasteiger charge is 2.25. The van der Waals surface area contributed by atoms with Crippen LogP contribution in [0.3, 0.4) is 0 Å². The van der Waals surface area contributed by atoms with Crippen LogP contribution in [0.5, 0.6) is 0 Å². The molecular formula is C10H20INO2. The van der Waals surface area contributed by atoms with E-state index in [0.29, 0.717) is 0 Å². The van der Waals surface area contributed by atoms with Crippen molar-refractivity contribution in [3.8, 4) is 0 Å². The van der Waals surface area contributed by atoms with E-state index in [1.54, 1.807) is 0 Å². The highest BCUT2D eigenvalue weighted by Crippen LogP contribution is 2.21. The molecule has 0 aliphatic rings. The highest BCUT2D eigenvalue weighted by atomic mass is 127. The molecule has 0 aliphatic heterocycles. The summed E-state index contributed by atoms with van der Waals surface area (Å²) in [4.78, 5) is 11.4. The van der Waals surface area contributed by atoms with Crippen molar-refractivity contribution in [2.75, 3.05) is 0 Å². The lowest BCUT2D eigenvalue weighted by molar-refractivity contribution is 0.0502. The van der Waals surface area contributed by atoms with E-state index in [-0.39, 0.29) is 15.6 Å². The van der Waals surface area contributed by atoms with Crippen molar-refractivity contribution >= 4 is 28.7 Å². The van der Waals surface area contributed by atoms with Gasteiger partial charge in [0.15, 0.2) is 0 Å². The number of hydrogen-bond acceptors (Lipinski definition) is 2. The van der Waals surface area contributed by atoms with Crippen molar-refractivity contribution in [2.24, 2.45) is 0 Å². The maximum absolute atomic E-state index is 11.4. The fraction of sp³-hybridized carbons (Fsp3) is 0.900. The van der Waals surface area contributed by atoms with Gasteiger partial charge in [-0.25, -0.2) is 4.79 Å². The van der Waals surface area contributed by atoms with Crippen LogP contribution in [0.25, 0.3) is 0 Å².